The van der Waals surface area contributed by atoms with Crippen molar-refractivity contribution in [1.82, 2.24) is 5.32 Å². The summed E-state index contributed by atoms with van der Waals surface area (Å²) in [6.07, 6.45) is 0. The van der Waals surface area contributed by atoms with Crippen LogP contribution in [0.2, 0.25) is 0 Å². The number of thioether (sulfide) groups is 1. The molecule has 0 fully saturated rings. The molecule has 4 heteroatoms. The molecule has 1 aliphatic rings. The number of hydrogen-bond donors (Lipinski definition) is 1. The third-order valence-corrected chi connectivity index (χ3v) is 3.78. The van der Waals surface area contributed by atoms with Crippen molar-refractivity contribution in [2.24, 2.45) is 0 Å². The molecule has 1 aliphatic heterocycles. The Labute approximate surface area is 107 Å². The van der Waals surface area contributed by atoms with Gasteiger partial charge in [0.25, 0.3) is 5.91 Å². The van der Waals surface area contributed by atoms with Crippen molar-refractivity contribution in [3.8, 4) is 0 Å². The Hall–Kier alpha value is -1.16. The van der Waals surface area contributed by atoms with Crippen molar-refractivity contribution in [3.05, 3.63) is 23.8 Å². The molecule has 1 aromatic carbocycles. The lowest BCUT2D eigenvalue weighted by Crippen LogP contribution is -2.30. The second-order valence-corrected chi connectivity index (χ2v) is 5.72. The molecule has 0 aromatic heterocycles. The largest absolute Gasteiger partial charge is 0.373 e. The van der Waals surface area contributed by atoms with Crippen LogP contribution in [0.4, 0.5) is 5.69 Å². The summed E-state index contributed by atoms with van der Waals surface area (Å²) < 4.78 is 0. The minimum atomic E-state index is 0.00627. The van der Waals surface area contributed by atoms with Crippen LogP contribution in [0, 0.1) is 0 Å². The van der Waals surface area contributed by atoms with E-state index < -0.39 is 0 Å². The van der Waals surface area contributed by atoms with E-state index in [0.29, 0.717) is 0 Å². The van der Waals surface area contributed by atoms with Crippen LogP contribution in [0.25, 0.3) is 0 Å². The number of anilines is 1. The summed E-state index contributed by atoms with van der Waals surface area (Å²) >= 11 is 1.85. The van der Waals surface area contributed by atoms with Crippen molar-refractivity contribution in [1.29, 1.82) is 0 Å². The van der Waals surface area contributed by atoms with Crippen LogP contribution in [0.3, 0.4) is 0 Å². The van der Waals surface area contributed by atoms with Gasteiger partial charge in [-0.1, -0.05) is 0 Å². The molecule has 1 N–H and O–H groups in total. The lowest BCUT2D eigenvalue weighted by atomic mass is 10.1. The normalized spacial score (nSPS) is 14.7. The maximum absolute atomic E-state index is 11.9. The van der Waals surface area contributed by atoms with Crippen LogP contribution < -0.4 is 10.2 Å². The molecule has 17 heavy (non-hydrogen) atoms. The predicted octanol–water partition coefficient (Wildman–Crippen LogP) is 2.37. The standard InChI is InChI=1S/C13H18N2OS/c1-9(2)14-13(16)10-4-5-12-11(8-10)15(3)6-7-17-12/h4-5,8-9H,6-7H2,1-3H3,(H,14,16). The molecule has 0 bridgehead atoms. The molecule has 0 unspecified atom stereocenters. The molecule has 1 amide bonds. The molecule has 2 rings (SSSR count). The third-order valence-electron chi connectivity index (χ3n) is 2.74. The average molecular weight is 250 g/mol. The Balaban J connectivity index is 2.26. The second-order valence-electron chi connectivity index (χ2n) is 4.58. The molecule has 0 saturated carbocycles. The monoisotopic (exact) mass is 250 g/mol. The fourth-order valence-electron chi connectivity index (χ4n) is 1.84. The van der Waals surface area contributed by atoms with E-state index in [-0.39, 0.29) is 11.9 Å². The van der Waals surface area contributed by atoms with Gasteiger partial charge in [0.2, 0.25) is 0 Å². The lowest BCUT2D eigenvalue weighted by Gasteiger charge is -2.27. The smallest absolute Gasteiger partial charge is 0.251 e. The Morgan fingerprint density at radius 1 is 1.47 bits per heavy atom. The zero-order chi connectivity index (χ0) is 12.4. The number of carbonyl (C=O) groups is 1. The molecule has 1 aromatic rings. The minimum absolute atomic E-state index is 0.00627. The quantitative estimate of drug-likeness (QED) is 0.874. The number of nitrogens with one attached hydrogen (secondary N) is 1. The van der Waals surface area contributed by atoms with E-state index in [1.165, 1.54) is 4.90 Å². The summed E-state index contributed by atoms with van der Waals surface area (Å²) in [5.41, 5.74) is 1.91. The molecular formula is C13H18N2OS. The first-order valence-electron chi connectivity index (χ1n) is 5.87. The maximum Gasteiger partial charge on any atom is 0.251 e. The van der Waals surface area contributed by atoms with Gasteiger partial charge in [-0.3, -0.25) is 4.79 Å². The van der Waals surface area contributed by atoms with E-state index >= 15 is 0 Å². The summed E-state index contributed by atoms with van der Waals surface area (Å²) in [4.78, 5) is 15.4. The summed E-state index contributed by atoms with van der Waals surface area (Å²) in [5.74, 6) is 1.12. The van der Waals surface area contributed by atoms with Crippen molar-refractivity contribution in [2.45, 2.75) is 24.8 Å². The first kappa shape index (κ1) is 12.3. The number of fused-ring (bicyclic) bond motifs is 1. The van der Waals surface area contributed by atoms with Gasteiger partial charge in [0.1, 0.15) is 0 Å². The summed E-state index contributed by atoms with van der Waals surface area (Å²) in [5, 5.41) is 2.92. The van der Waals surface area contributed by atoms with Gasteiger partial charge in [-0.15, -0.1) is 11.8 Å². The maximum atomic E-state index is 11.9. The lowest BCUT2D eigenvalue weighted by molar-refractivity contribution is 0.0943. The van der Waals surface area contributed by atoms with E-state index in [1.807, 2.05) is 43.8 Å². The summed E-state index contributed by atoms with van der Waals surface area (Å²) in [7, 11) is 2.07. The Bertz CT molecular complexity index is 431. The predicted molar refractivity (Wildman–Crippen MR) is 73.0 cm³/mol. The number of rotatable bonds is 2. The van der Waals surface area contributed by atoms with Gasteiger partial charge in [0.15, 0.2) is 0 Å². The molecule has 3 nitrogen and oxygen atoms in total. The van der Waals surface area contributed by atoms with Gasteiger partial charge in [-0.25, -0.2) is 0 Å². The van der Waals surface area contributed by atoms with Gasteiger partial charge >= 0.3 is 0 Å². The van der Waals surface area contributed by atoms with Crippen LogP contribution in [0.15, 0.2) is 23.1 Å². The van der Waals surface area contributed by atoms with Crippen molar-refractivity contribution in [3.63, 3.8) is 0 Å². The van der Waals surface area contributed by atoms with E-state index in [4.69, 9.17) is 0 Å². The number of amides is 1. The van der Waals surface area contributed by atoms with Gasteiger partial charge in [-0.2, -0.15) is 0 Å². The molecule has 0 spiro atoms. The highest BCUT2D eigenvalue weighted by molar-refractivity contribution is 7.99. The van der Waals surface area contributed by atoms with Gasteiger partial charge in [-0.05, 0) is 32.0 Å². The zero-order valence-electron chi connectivity index (χ0n) is 10.5. The molecule has 1 heterocycles. The number of hydrogen-bond acceptors (Lipinski definition) is 3. The number of nitrogens with zero attached hydrogens (tertiary/aromatic N) is 1. The highest BCUT2D eigenvalue weighted by Crippen LogP contribution is 2.34. The second kappa shape index (κ2) is 5.00. The van der Waals surface area contributed by atoms with Gasteiger partial charge in [0.05, 0.1) is 5.69 Å². The highest BCUT2D eigenvalue weighted by atomic mass is 32.2. The van der Waals surface area contributed by atoms with Crippen LogP contribution >= 0.6 is 11.8 Å². The van der Waals surface area contributed by atoms with Crippen molar-refractivity contribution >= 4 is 23.4 Å². The minimum Gasteiger partial charge on any atom is -0.373 e. The van der Waals surface area contributed by atoms with Crippen molar-refractivity contribution < 1.29 is 4.79 Å². The van der Waals surface area contributed by atoms with Crippen LogP contribution in [0.1, 0.15) is 24.2 Å². The Morgan fingerprint density at radius 2 is 2.24 bits per heavy atom. The molecule has 0 saturated heterocycles. The Morgan fingerprint density at radius 3 is 2.94 bits per heavy atom. The van der Waals surface area contributed by atoms with Crippen LogP contribution in [0.5, 0.6) is 0 Å². The fraction of sp³-hybridized carbons (Fsp3) is 0.462. The summed E-state index contributed by atoms with van der Waals surface area (Å²) in [6, 6.07) is 6.11. The summed E-state index contributed by atoms with van der Waals surface area (Å²) in [6.45, 7) is 4.98. The van der Waals surface area contributed by atoms with Crippen molar-refractivity contribution in [2.75, 3.05) is 24.2 Å². The molecule has 92 valence electrons. The average Bonchev–Trinajstić information content (AvgIpc) is 2.28. The molecule has 0 atom stereocenters. The number of benzene rings is 1. The third kappa shape index (κ3) is 2.75. The fourth-order valence-corrected chi connectivity index (χ4v) is 2.95. The van der Waals surface area contributed by atoms with E-state index in [0.717, 1.165) is 23.5 Å². The van der Waals surface area contributed by atoms with E-state index in [2.05, 4.69) is 17.3 Å². The van der Waals surface area contributed by atoms with Crippen LogP contribution in [-0.4, -0.2) is 31.3 Å². The molecular weight excluding hydrogens is 232 g/mol. The first-order valence-corrected chi connectivity index (χ1v) is 6.85. The highest BCUT2D eigenvalue weighted by Gasteiger charge is 2.16. The molecule has 0 radical (unpaired) electrons. The van der Waals surface area contributed by atoms with Gasteiger partial charge in [0, 0.05) is 35.8 Å². The van der Waals surface area contributed by atoms with E-state index in [1.54, 1.807) is 0 Å². The molecule has 0 aliphatic carbocycles. The van der Waals surface area contributed by atoms with E-state index in [9.17, 15) is 4.79 Å². The number of carbonyl (C=O) groups excluding carboxylic acids is 1. The topological polar surface area (TPSA) is 32.3 Å². The van der Waals surface area contributed by atoms with Gasteiger partial charge < -0.3 is 10.2 Å². The van der Waals surface area contributed by atoms with Crippen LogP contribution in [-0.2, 0) is 0 Å². The first-order chi connectivity index (χ1) is 8.08. The SMILES string of the molecule is CC(C)NC(=O)c1ccc2c(c1)N(C)CCS2. The Kier molecular flexibility index (Phi) is 3.62. The zero-order valence-corrected chi connectivity index (χ0v) is 11.3.